The third-order valence-corrected chi connectivity index (χ3v) is 7.61. The van der Waals surface area contributed by atoms with E-state index in [1.165, 1.54) is 4.90 Å². The molecule has 4 heterocycles. The molecule has 0 saturated carbocycles. The number of amides is 3. The summed E-state index contributed by atoms with van der Waals surface area (Å²) in [6, 6.07) is 11.6. The molecule has 2 aromatic carbocycles. The highest BCUT2D eigenvalue weighted by molar-refractivity contribution is 6.25. The monoisotopic (exact) mass is 415 g/mol. The van der Waals surface area contributed by atoms with Gasteiger partial charge in [0.2, 0.25) is 17.7 Å². The number of imide groups is 1. The van der Waals surface area contributed by atoms with Crippen LogP contribution in [0, 0.1) is 32.6 Å². The average Bonchev–Trinajstić information content (AvgIpc) is 3.39. The Morgan fingerprint density at radius 3 is 2.42 bits per heavy atom. The zero-order chi connectivity index (χ0) is 21.7. The smallest absolute Gasteiger partial charge is 0.250 e. The van der Waals surface area contributed by atoms with E-state index in [1.54, 1.807) is 0 Å². The lowest BCUT2D eigenvalue weighted by molar-refractivity contribution is -0.135. The summed E-state index contributed by atoms with van der Waals surface area (Å²) in [5, 5.41) is 3.03. The molecule has 6 rings (SSSR count). The summed E-state index contributed by atoms with van der Waals surface area (Å²) in [7, 11) is 0. The highest BCUT2D eigenvalue weighted by Crippen LogP contribution is 2.60. The predicted molar refractivity (Wildman–Crippen MR) is 117 cm³/mol. The number of rotatable bonds is 1. The van der Waals surface area contributed by atoms with Gasteiger partial charge in [-0.15, -0.1) is 0 Å². The first kappa shape index (κ1) is 18.8. The Morgan fingerprint density at radius 1 is 0.935 bits per heavy atom. The Labute approximate surface area is 181 Å². The molecule has 158 valence electrons. The molecule has 6 nitrogen and oxygen atoms in total. The number of carbonyl (C=O) groups is 3. The highest BCUT2D eigenvalue weighted by Gasteiger charge is 2.74. The molecule has 6 heteroatoms. The van der Waals surface area contributed by atoms with Gasteiger partial charge in [0, 0.05) is 17.3 Å². The molecule has 1 spiro atoms. The molecule has 3 amide bonds. The number of benzene rings is 2. The lowest BCUT2D eigenvalue weighted by Crippen LogP contribution is -2.54. The fourth-order valence-corrected chi connectivity index (χ4v) is 6.65. The van der Waals surface area contributed by atoms with Gasteiger partial charge in [-0.1, -0.05) is 23.8 Å². The second-order valence-electron chi connectivity index (χ2n) is 9.53. The van der Waals surface area contributed by atoms with Crippen molar-refractivity contribution in [1.29, 1.82) is 0 Å². The van der Waals surface area contributed by atoms with Crippen LogP contribution in [-0.4, -0.2) is 35.2 Å². The molecule has 0 bridgehead atoms. The third kappa shape index (κ3) is 2.18. The average molecular weight is 415 g/mol. The first-order valence-electron chi connectivity index (χ1n) is 11.0. The van der Waals surface area contributed by atoms with Crippen LogP contribution in [-0.2, 0) is 19.9 Å². The molecule has 4 aliphatic rings. The molecule has 3 saturated heterocycles. The van der Waals surface area contributed by atoms with Crippen molar-refractivity contribution in [3.63, 3.8) is 0 Å². The Balaban J connectivity index is 1.57. The molecule has 31 heavy (non-hydrogen) atoms. The Kier molecular flexibility index (Phi) is 3.65. The lowest BCUT2D eigenvalue weighted by atomic mass is 9.75. The van der Waals surface area contributed by atoms with Crippen LogP contribution >= 0.6 is 0 Å². The molecule has 4 atom stereocenters. The van der Waals surface area contributed by atoms with Crippen molar-refractivity contribution in [2.45, 2.75) is 45.2 Å². The molecule has 0 aromatic heterocycles. The first-order valence-corrected chi connectivity index (χ1v) is 11.0. The minimum absolute atomic E-state index is 0.0884. The quantitative estimate of drug-likeness (QED) is 0.727. The second-order valence-corrected chi connectivity index (χ2v) is 9.53. The van der Waals surface area contributed by atoms with E-state index < -0.39 is 17.4 Å². The number of hydrogen-bond donors (Lipinski definition) is 1. The first-order chi connectivity index (χ1) is 14.8. The fourth-order valence-electron chi connectivity index (χ4n) is 6.65. The summed E-state index contributed by atoms with van der Waals surface area (Å²) in [6.45, 7) is 6.65. The lowest BCUT2D eigenvalue weighted by Gasteiger charge is -2.36. The zero-order valence-corrected chi connectivity index (χ0v) is 17.9. The van der Waals surface area contributed by atoms with Crippen LogP contribution in [0.25, 0.3) is 0 Å². The summed E-state index contributed by atoms with van der Waals surface area (Å²) in [4.78, 5) is 44.8. The standard InChI is InChI=1S/C25H25N3O3/c1-13-6-7-18-17(12-13)25(24(31)26-18)21-20(19-5-4-8-27(19)25)22(29)28(23(21)30)16-10-14(2)9-15(3)11-16/h6-7,9-12,19-21H,4-5,8H2,1-3H3,(H,26,31)/t19-,20+,21-,25+/m0/s1. The zero-order valence-electron chi connectivity index (χ0n) is 17.9. The van der Waals surface area contributed by atoms with Crippen LogP contribution in [0.4, 0.5) is 11.4 Å². The normalized spacial score (nSPS) is 31.4. The van der Waals surface area contributed by atoms with Gasteiger partial charge >= 0.3 is 0 Å². The van der Waals surface area contributed by atoms with Crippen molar-refractivity contribution in [2.75, 3.05) is 16.8 Å². The second kappa shape index (κ2) is 6.04. The Morgan fingerprint density at radius 2 is 1.68 bits per heavy atom. The van der Waals surface area contributed by atoms with E-state index in [-0.39, 0.29) is 23.8 Å². The van der Waals surface area contributed by atoms with Crippen molar-refractivity contribution in [1.82, 2.24) is 4.90 Å². The molecule has 3 fully saturated rings. The number of hydrogen-bond acceptors (Lipinski definition) is 4. The van der Waals surface area contributed by atoms with Crippen molar-refractivity contribution in [3.05, 3.63) is 58.7 Å². The maximum Gasteiger partial charge on any atom is 0.250 e. The van der Waals surface area contributed by atoms with Crippen LogP contribution in [0.5, 0.6) is 0 Å². The Bertz CT molecular complexity index is 1170. The van der Waals surface area contributed by atoms with E-state index in [2.05, 4.69) is 10.2 Å². The van der Waals surface area contributed by atoms with E-state index in [9.17, 15) is 14.4 Å². The van der Waals surface area contributed by atoms with E-state index in [0.717, 1.165) is 47.3 Å². The number of carbonyl (C=O) groups excluding carboxylic acids is 3. The maximum absolute atomic E-state index is 14.0. The van der Waals surface area contributed by atoms with Crippen LogP contribution in [0.2, 0.25) is 0 Å². The van der Waals surface area contributed by atoms with Crippen LogP contribution < -0.4 is 10.2 Å². The summed E-state index contributed by atoms with van der Waals surface area (Å²) in [5.74, 6) is -1.78. The molecular formula is C25H25N3O3. The van der Waals surface area contributed by atoms with Gasteiger partial charge < -0.3 is 5.32 Å². The van der Waals surface area contributed by atoms with E-state index in [0.29, 0.717) is 5.69 Å². The predicted octanol–water partition coefficient (Wildman–Crippen LogP) is 3.04. The van der Waals surface area contributed by atoms with Crippen molar-refractivity contribution < 1.29 is 14.4 Å². The number of nitrogens with one attached hydrogen (secondary N) is 1. The van der Waals surface area contributed by atoms with Gasteiger partial charge in [0.1, 0.15) is 5.54 Å². The highest BCUT2D eigenvalue weighted by atomic mass is 16.2. The van der Waals surface area contributed by atoms with Crippen molar-refractivity contribution >= 4 is 29.1 Å². The van der Waals surface area contributed by atoms with Crippen molar-refractivity contribution in [2.24, 2.45) is 11.8 Å². The summed E-state index contributed by atoms with van der Waals surface area (Å²) < 4.78 is 0. The van der Waals surface area contributed by atoms with Gasteiger partial charge in [-0.05, 0) is 69.5 Å². The van der Waals surface area contributed by atoms with Gasteiger partial charge in [0.25, 0.3) is 0 Å². The molecule has 1 N–H and O–H groups in total. The topological polar surface area (TPSA) is 69.7 Å². The van der Waals surface area contributed by atoms with Gasteiger partial charge in [-0.3, -0.25) is 19.3 Å². The molecule has 0 unspecified atom stereocenters. The maximum atomic E-state index is 14.0. The molecule has 4 aliphatic heterocycles. The van der Waals surface area contributed by atoms with E-state index in [4.69, 9.17) is 0 Å². The number of nitrogens with zero attached hydrogens (tertiary/aromatic N) is 2. The third-order valence-electron chi connectivity index (χ3n) is 7.61. The van der Waals surface area contributed by atoms with Crippen molar-refractivity contribution in [3.8, 4) is 0 Å². The largest absolute Gasteiger partial charge is 0.324 e. The van der Waals surface area contributed by atoms with Crippen LogP contribution in [0.15, 0.2) is 36.4 Å². The van der Waals surface area contributed by atoms with Gasteiger partial charge in [-0.25, -0.2) is 4.90 Å². The summed E-state index contributed by atoms with van der Waals surface area (Å²) >= 11 is 0. The summed E-state index contributed by atoms with van der Waals surface area (Å²) in [5.41, 5.74) is 4.16. The fraction of sp³-hybridized carbons (Fsp3) is 0.400. The van der Waals surface area contributed by atoms with Crippen LogP contribution in [0.1, 0.15) is 35.1 Å². The van der Waals surface area contributed by atoms with Gasteiger partial charge in [0.05, 0.1) is 17.5 Å². The molecule has 0 aliphatic carbocycles. The molecule has 2 aromatic rings. The summed E-state index contributed by atoms with van der Waals surface area (Å²) in [6.07, 6.45) is 1.76. The van der Waals surface area contributed by atoms with E-state index >= 15 is 0 Å². The molecular weight excluding hydrogens is 390 g/mol. The minimum Gasteiger partial charge on any atom is -0.324 e. The number of aryl methyl sites for hydroxylation is 3. The SMILES string of the molecule is Cc1cc(C)cc(N2C(=O)[C@H]3[C@@H](C2=O)[C@]2(C(=O)Nc4ccc(C)cc42)N2CCC[C@@H]32)c1. The number of fused-ring (bicyclic) bond motifs is 7. The van der Waals surface area contributed by atoms with Crippen LogP contribution in [0.3, 0.4) is 0 Å². The minimum atomic E-state index is -1.10. The number of anilines is 2. The van der Waals surface area contributed by atoms with Gasteiger partial charge in [-0.2, -0.15) is 0 Å². The van der Waals surface area contributed by atoms with E-state index in [1.807, 2.05) is 57.2 Å². The van der Waals surface area contributed by atoms with Gasteiger partial charge in [0.15, 0.2) is 0 Å². The molecule has 0 radical (unpaired) electrons. The Hall–Kier alpha value is -2.99.